The second-order valence-electron chi connectivity index (χ2n) is 33.9. The zero-order chi connectivity index (χ0) is 93.8. The summed E-state index contributed by atoms with van der Waals surface area (Å²) in [6.45, 7) is 25.8. The second kappa shape index (κ2) is 48.2. The normalized spacial score (nSPS) is 11.1. The zero-order valence-corrected chi connectivity index (χ0v) is 91.4. The number of aromatic amines is 1. The Morgan fingerprint density at radius 1 is 0.402 bits per heavy atom. The van der Waals surface area contributed by atoms with E-state index >= 15 is 0 Å². The second-order valence-corrected chi connectivity index (χ2v) is 50.8. The maximum absolute atomic E-state index is 12.9. The molecule has 0 fully saturated rings. The van der Waals surface area contributed by atoms with E-state index in [1.54, 1.807) is 0 Å². The number of H-pyrrole nitrogens is 1. The van der Waals surface area contributed by atoms with E-state index in [0.29, 0.717) is 30.9 Å². The first-order valence-corrected chi connectivity index (χ1v) is 63.4. The number of para-hydroxylation sites is 6. The van der Waals surface area contributed by atoms with E-state index in [1.165, 1.54) is 44.5 Å². The summed E-state index contributed by atoms with van der Waals surface area (Å²) in [5.74, 6) is 5.61. The molecule has 25 heteroatoms. The third-order valence-corrected chi connectivity index (χ3v) is 22.8. The van der Waals surface area contributed by atoms with Gasteiger partial charge in [-0.15, -0.1) is 24.0 Å². The van der Waals surface area contributed by atoms with Crippen LogP contribution in [0.15, 0.2) is 261 Å². The maximum atomic E-state index is 12.9. The molecule has 0 saturated carbocycles. The van der Waals surface area contributed by atoms with Gasteiger partial charge in [0.15, 0.2) is 0 Å². The minimum absolute atomic E-state index is 0. The summed E-state index contributed by atoms with van der Waals surface area (Å²) in [7, 11) is 6.24. The number of aryl methyl sites for hydroxylation is 9. The molecule has 18 nitrogen and oxygen atoms in total. The van der Waals surface area contributed by atoms with Gasteiger partial charge in [0, 0.05) is 113 Å². The number of nitrogens with zero attached hydrogens (tertiary/aromatic N) is 11. The van der Waals surface area contributed by atoms with Gasteiger partial charge in [-0.3, -0.25) is 0 Å². The number of halogens is 7. The summed E-state index contributed by atoms with van der Waals surface area (Å²) in [6, 6.07) is 89.3. The number of esters is 2. The number of alkyl halides is 1. The molecule has 0 spiro atoms. The number of rotatable bonds is 19. The summed E-state index contributed by atoms with van der Waals surface area (Å²) in [6.07, 6.45) is 6.26. The van der Waals surface area contributed by atoms with E-state index in [0.717, 1.165) is 191 Å². The molecule has 682 valence electrons. The predicted molar refractivity (Wildman–Crippen MR) is 584 cm³/mol. The number of imidazole rings is 6. The Balaban J connectivity index is 0.000000171. The van der Waals surface area contributed by atoms with Gasteiger partial charge in [-0.1, -0.05) is 213 Å². The molecule has 0 aliphatic carbocycles. The van der Waals surface area contributed by atoms with Gasteiger partial charge in [0.2, 0.25) is 0 Å². The van der Waals surface area contributed by atoms with E-state index in [-0.39, 0.29) is 42.1 Å². The van der Waals surface area contributed by atoms with Gasteiger partial charge in [-0.2, -0.15) is 9.59 Å². The van der Waals surface area contributed by atoms with Crippen LogP contribution in [0.1, 0.15) is 153 Å². The molecular formula is C107H108BrI6N12O6-. The van der Waals surface area contributed by atoms with Crippen LogP contribution >= 0.6 is 114 Å². The van der Waals surface area contributed by atoms with Crippen molar-refractivity contribution in [2.45, 2.75) is 151 Å². The summed E-state index contributed by atoms with van der Waals surface area (Å²) in [4.78, 5) is 74.6. The third kappa shape index (κ3) is 25.4. The van der Waals surface area contributed by atoms with Crippen molar-refractivity contribution >= 4 is 199 Å². The number of carbonyl (C=O) groups excluding carboxylic acids is 4. The third-order valence-electron chi connectivity index (χ3n) is 22.2. The first kappa shape index (κ1) is 103. The Bertz CT molecular complexity index is 7020. The summed E-state index contributed by atoms with van der Waals surface area (Å²) >= 11 is 13.0. The monoisotopic (exact) mass is 2500 g/mol. The zero-order valence-electron chi connectivity index (χ0n) is 76.7. The number of hydrogen-bond acceptors (Lipinski definition) is 12. The molecule has 18 rings (SSSR count). The van der Waals surface area contributed by atoms with Crippen molar-refractivity contribution in [1.29, 1.82) is 0 Å². The largest absolute Gasteiger partial charge is 0.373 e. The number of fused-ring (bicyclic) bond motifs is 6. The van der Waals surface area contributed by atoms with Crippen molar-refractivity contribution in [2.75, 3.05) is 0 Å². The van der Waals surface area contributed by atoms with Crippen molar-refractivity contribution in [3.63, 3.8) is 0 Å². The standard InChI is InChI=1S/C37H38N4O2.C32H30N4.C19H20N4.C18H19BrO2.CO2.I3.I2.HI/c1-7-12-33-39-34-24(2)21-27(35-38-30-15-10-11-16-31(30)40(35)6)22-32(34)41(33)23-25-17-19-26(20-18-25)28-13-8-9-14-29(28)36(42)43-37(3,4)5;1-4-10-30-34-31-22(2)19-26(32-33-27-13-8-9-14-28(27)35(32)3)20-29(31)36(30)21-23-15-17-25(18-16-23)24-11-6-5-7-12-24;1-4-7-17-20-15-11-13(10-12(2)18(15)22-17)19-21-14-8-5-6-9-16(14)23(19)3;1-18(2,3)21-17(20)16-7-5-4-6-15(16)14-10-8-13(12-19)9-11-14;2-1-3;1-3-2;1-2;/h8-11,13-22H,7,12,23H2,1-6H3;5-9,11-20H,4,10,21H2,1-3H3;5-6,8-11H,4,7H2,1-3H3,(H,20,22);4-11H,12H2,1-3H3;;;;1H/q;;;;;-1;;. The fourth-order valence-electron chi connectivity index (χ4n) is 16.2. The van der Waals surface area contributed by atoms with E-state index < -0.39 is 11.2 Å². The van der Waals surface area contributed by atoms with Gasteiger partial charge in [0.25, 0.3) is 0 Å². The minimum atomic E-state index is -0.556. The maximum Gasteiger partial charge on any atom is 0.373 e. The van der Waals surface area contributed by atoms with E-state index in [1.807, 2.05) is 126 Å². The van der Waals surface area contributed by atoms with E-state index in [2.05, 4.69) is 357 Å². The van der Waals surface area contributed by atoms with Crippen molar-refractivity contribution in [1.82, 2.24) is 57.7 Å². The van der Waals surface area contributed by atoms with Crippen LogP contribution in [0, 0.1) is 20.8 Å². The van der Waals surface area contributed by atoms with Crippen LogP contribution in [0.4, 0.5) is 0 Å². The molecule has 12 aromatic carbocycles. The topological polar surface area (TPSA) is 205 Å². The van der Waals surface area contributed by atoms with E-state index in [4.69, 9.17) is 49.0 Å². The Morgan fingerprint density at radius 3 is 1.09 bits per heavy atom. The Labute approximate surface area is 851 Å². The number of ether oxygens (including phenoxy) is 2. The van der Waals surface area contributed by atoms with Crippen LogP contribution in [0.5, 0.6) is 0 Å². The van der Waals surface area contributed by atoms with Crippen LogP contribution in [0.3, 0.4) is 0 Å². The first-order valence-electron chi connectivity index (χ1n) is 43.4. The average molecular weight is 2500 g/mol. The Kier molecular flexibility index (Phi) is 37.7. The summed E-state index contributed by atoms with van der Waals surface area (Å²) in [5.41, 5.74) is 29.9. The van der Waals surface area contributed by atoms with Gasteiger partial charge in [-0.05, 0) is 233 Å². The van der Waals surface area contributed by atoms with Gasteiger partial charge in [0.1, 0.15) is 46.1 Å². The van der Waals surface area contributed by atoms with E-state index in [9.17, 15) is 9.59 Å². The van der Waals surface area contributed by atoms with Crippen LogP contribution in [0.25, 0.3) is 134 Å². The number of carbonyl (C=O) groups is 2. The number of aromatic nitrogens is 12. The SMILES string of the molecule is CC(C)(C)OC(=O)c1ccccc1-c1ccc(CBr)cc1.CCCc1nc2c(C)cc(-c3nc4ccccc4n3C)cc2[nH]1.CCCc1nc2c(C)cc(-c3nc4ccccc4n3C)cc2n1Cc1ccc(-c2ccccc2)cc1.CCCc1nc2c(C)cc(-c3nc4ccccc4n3C)cc2n1Cc1ccc(-c2ccccc2C(=O)OC(C)(C)C)cc1.I.II.I[I-]I.O=C=O. The van der Waals surface area contributed by atoms with Crippen molar-refractivity contribution < 1.29 is 41.9 Å². The Hall–Kier alpha value is -9.36. The molecule has 0 atom stereocenters. The molecule has 6 heterocycles. The average Bonchev–Trinajstić information content (AvgIpc) is 1.63. The molecule has 132 heavy (non-hydrogen) atoms. The molecule has 18 aromatic rings. The molecule has 0 saturated heterocycles. The smallest absolute Gasteiger partial charge is 0.186 e. The van der Waals surface area contributed by atoms with Gasteiger partial charge in [0.05, 0.1) is 77.3 Å². The van der Waals surface area contributed by atoms with Crippen molar-refractivity contribution in [3.8, 4) is 67.5 Å². The number of hydrogen-bond donors (Lipinski definition) is 1. The molecule has 0 amide bonds. The van der Waals surface area contributed by atoms with Crippen molar-refractivity contribution in [2.24, 2.45) is 21.1 Å². The van der Waals surface area contributed by atoms with Crippen LogP contribution in [-0.4, -0.2) is 87.0 Å². The van der Waals surface area contributed by atoms with Crippen LogP contribution in [-0.2, 0) is 77.9 Å². The molecule has 0 aliphatic rings. The van der Waals surface area contributed by atoms with Crippen LogP contribution < -0.4 is 13.3 Å². The molecule has 1 N–H and O–H groups in total. The van der Waals surface area contributed by atoms with Gasteiger partial charge >= 0.3 is 68.6 Å². The Morgan fingerprint density at radius 2 is 0.727 bits per heavy atom. The fraction of sp³-hybridized carbons (Fsp3) is 0.243. The van der Waals surface area contributed by atoms with Crippen LogP contribution in [0.2, 0.25) is 0 Å². The predicted octanol–water partition coefficient (Wildman–Crippen LogP) is 26.3. The molecule has 0 radical (unpaired) electrons. The minimum Gasteiger partial charge on any atom is -0.186 e. The fourth-order valence-corrected chi connectivity index (χ4v) is 16.6. The number of nitrogens with one attached hydrogen (secondary N) is 1. The molecular weight excluding hydrogens is 2390 g/mol. The van der Waals surface area contributed by atoms with Crippen molar-refractivity contribution in [3.05, 3.63) is 323 Å². The summed E-state index contributed by atoms with van der Waals surface area (Å²) in [5, 5.41) is 0.820. The first-order chi connectivity index (χ1) is 63.1. The molecule has 0 aliphatic heterocycles. The molecule has 0 bridgehead atoms. The van der Waals surface area contributed by atoms with Gasteiger partial charge in [-0.25, -0.2) is 39.5 Å². The number of benzene rings is 12. The molecule has 6 aromatic heterocycles. The quantitative estimate of drug-likeness (QED) is 0.0456. The summed E-state index contributed by atoms with van der Waals surface area (Å²) < 4.78 is 22.4. The molecule has 0 unspecified atom stereocenters. The van der Waals surface area contributed by atoms with Gasteiger partial charge < -0.3 is 37.3 Å².